The quantitative estimate of drug-likeness (QED) is 0.310. The topological polar surface area (TPSA) is 89.8 Å². The third-order valence-electron chi connectivity index (χ3n) is 4.86. The molecule has 3 rings (SSSR count). The highest BCUT2D eigenvalue weighted by molar-refractivity contribution is 6.13. The number of ether oxygens (including phenoxy) is 2. The number of carbonyl (C=O) groups excluding carboxylic acids is 2. The van der Waals surface area contributed by atoms with Gasteiger partial charge in [-0.15, -0.1) is 5.10 Å². The van der Waals surface area contributed by atoms with Gasteiger partial charge in [-0.1, -0.05) is 0 Å². The normalized spacial score (nSPS) is 16.2. The van der Waals surface area contributed by atoms with Crippen molar-refractivity contribution in [3.05, 3.63) is 41.4 Å². The molecule has 1 saturated heterocycles. The Labute approximate surface area is 194 Å². The van der Waals surface area contributed by atoms with Gasteiger partial charge >= 0.3 is 18.4 Å². The molecule has 1 fully saturated rings. The van der Waals surface area contributed by atoms with Crippen LogP contribution in [0.25, 0.3) is 17.6 Å². The number of carbonyl (C=O) groups is 2. The summed E-state index contributed by atoms with van der Waals surface area (Å²) in [7, 11) is 2.78. The predicted molar refractivity (Wildman–Crippen MR) is 107 cm³/mol. The summed E-state index contributed by atoms with van der Waals surface area (Å²) in [5.41, 5.74) is -3.71. The maximum absolute atomic E-state index is 13.2. The summed E-state index contributed by atoms with van der Waals surface area (Å²) >= 11 is 0. The van der Waals surface area contributed by atoms with Gasteiger partial charge in [0.25, 0.3) is 5.91 Å². The minimum absolute atomic E-state index is 0.000510. The SMILES string of the molecule is COCCN1C(=O)/C(=C/n2cnc(-c3cc(C(F)(F)F)cc(C(F)(F)F)c3)n2)N(CCOC)C1=O. The van der Waals surface area contributed by atoms with E-state index >= 15 is 0 Å². The number of halogens is 6. The molecule has 0 atom stereocenters. The van der Waals surface area contributed by atoms with Crippen molar-refractivity contribution in [2.24, 2.45) is 0 Å². The highest BCUT2D eigenvalue weighted by Gasteiger charge is 2.41. The Morgan fingerprint density at radius 2 is 1.43 bits per heavy atom. The Hall–Kier alpha value is -3.46. The molecule has 2 heterocycles. The zero-order chi connectivity index (χ0) is 26.0. The number of urea groups is 1. The molecule has 0 unspecified atom stereocenters. The van der Waals surface area contributed by atoms with Crippen LogP contribution in [0.3, 0.4) is 0 Å². The molecule has 35 heavy (non-hydrogen) atoms. The Morgan fingerprint density at radius 3 is 1.94 bits per heavy atom. The van der Waals surface area contributed by atoms with E-state index in [2.05, 4.69) is 10.1 Å². The van der Waals surface area contributed by atoms with Crippen LogP contribution < -0.4 is 0 Å². The lowest BCUT2D eigenvalue weighted by Gasteiger charge is -2.16. The van der Waals surface area contributed by atoms with E-state index in [1.54, 1.807) is 0 Å². The Balaban J connectivity index is 2.00. The van der Waals surface area contributed by atoms with Gasteiger partial charge in [-0.2, -0.15) is 26.3 Å². The molecule has 0 bridgehead atoms. The Kier molecular flexibility index (Phi) is 7.50. The number of rotatable bonds is 8. The molecule has 0 radical (unpaired) electrons. The van der Waals surface area contributed by atoms with Crippen molar-refractivity contribution in [3.8, 4) is 11.4 Å². The lowest BCUT2D eigenvalue weighted by molar-refractivity contribution is -0.143. The molecule has 1 aromatic carbocycles. The van der Waals surface area contributed by atoms with E-state index in [1.807, 2.05) is 0 Å². The Morgan fingerprint density at radius 1 is 0.886 bits per heavy atom. The second-order valence-electron chi connectivity index (χ2n) is 7.23. The van der Waals surface area contributed by atoms with E-state index in [0.29, 0.717) is 12.1 Å². The van der Waals surface area contributed by atoms with Crippen molar-refractivity contribution in [2.75, 3.05) is 40.5 Å². The van der Waals surface area contributed by atoms with Crippen LogP contribution in [0.2, 0.25) is 0 Å². The van der Waals surface area contributed by atoms with Crippen LogP contribution in [0.5, 0.6) is 0 Å². The van der Waals surface area contributed by atoms with Gasteiger partial charge in [-0.05, 0) is 18.2 Å². The van der Waals surface area contributed by atoms with E-state index in [9.17, 15) is 35.9 Å². The second kappa shape index (κ2) is 10.0. The van der Waals surface area contributed by atoms with Crippen molar-refractivity contribution < 1.29 is 45.4 Å². The summed E-state index contributed by atoms with van der Waals surface area (Å²) in [6.07, 6.45) is -7.99. The molecule has 1 aromatic heterocycles. The number of alkyl halides is 6. The van der Waals surface area contributed by atoms with Gasteiger partial charge in [0.15, 0.2) is 5.82 Å². The molecular formula is C20H19F6N5O4. The van der Waals surface area contributed by atoms with Gasteiger partial charge in [-0.3, -0.25) is 14.6 Å². The molecule has 3 amide bonds. The summed E-state index contributed by atoms with van der Waals surface area (Å²) in [6.45, 7) is 0.123. The van der Waals surface area contributed by atoms with Gasteiger partial charge in [0.05, 0.1) is 43.6 Å². The summed E-state index contributed by atoms with van der Waals surface area (Å²) < 4.78 is 89.7. The number of amides is 3. The van der Waals surface area contributed by atoms with Gasteiger partial charge in [-0.25, -0.2) is 14.5 Å². The van der Waals surface area contributed by atoms with Gasteiger partial charge in [0, 0.05) is 19.8 Å². The molecule has 0 N–H and O–H groups in total. The van der Waals surface area contributed by atoms with Crippen LogP contribution in [0, 0.1) is 0 Å². The van der Waals surface area contributed by atoms with Crippen LogP contribution in [-0.2, 0) is 26.6 Å². The van der Waals surface area contributed by atoms with Crippen LogP contribution in [-0.4, -0.2) is 77.0 Å². The van der Waals surface area contributed by atoms with Crippen LogP contribution in [0.1, 0.15) is 11.1 Å². The number of nitrogens with zero attached hydrogens (tertiary/aromatic N) is 5. The van der Waals surface area contributed by atoms with Crippen LogP contribution in [0.4, 0.5) is 31.1 Å². The molecule has 2 aromatic rings. The zero-order valence-corrected chi connectivity index (χ0v) is 18.4. The van der Waals surface area contributed by atoms with Crippen molar-refractivity contribution in [2.45, 2.75) is 12.4 Å². The molecule has 0 spiro atoms. The van der Waals surface area contributed by atoms with Gasteiger partial charge in [0.2, 0.25) is 0 Å². The number of hydrogen-bond donors (Lipinski definition) is 0. The van der Waals surface area contributed by atoms with Crippen molar-refractivity contribution in [1.82, 2.24) is 24.6 Å². The fourth-order valence-corrected chi connectivity index (χ4v) is 3.17. The van der Waals surface area contributed by atoms with Crippen molar-refractivity contribution in [1.29, 1.82) is 0 Å². The maximum Gasteiger partial charge on any atom is 0.416 e. The first-order valence-electron chi connectivity index (χ1n) is 9.91. The van der Waals surface area contributed by atoms with E-state index in [1.165, 1.54) is 14.2 Å². The van der Waals surface area contributed by atoms with E-state index < -0.39 is 46.8 Å². The van der Waals surface area contributed by atoms with Crippen LogP contribution in [0.15, 0.2) is 30.2 Å². The molecule has 9 nitrogen and oxygen atoms in total. The van der Waals surface area contributed by atoms with E-state index in [-0.39, 0.29) is 38.1 Å². The average molecular weight is 507 g/mol. The second-order valence-corrected chi connectivity index (χ2v) is 7.23. The van der Waals surface area contributed by atoms with Crippen molar-refractivity contribution in [3.63, 3.8) is 0 Å². The van der Waals surface area contributed by atoms with Crippen LogP contribution >= 0.6 is 0 Å². The fraction of sp³-hybridized carbons (Fsp3) is 0.400. The van der Waals surface area contributed by atoms with Crippen molar-refractivity contribution >= 4 is 18.1 Å². The first-order valence-corrected chi connectivity index (χ1v) is 9.91. The number of imide groups is 1. The first-order chi connectivity index (χ1) is 16.4. The third-order valence-corrected chi connectivity index (χ3v) is 4.86. The smallest absolute Gasteiger partial charge is 0.383 e. The standard InChI is InChI=1S/C20H19F6N5O4/c1-34-5-3-30-15(17(32)31(18(30)33)4-6-35-2)10-29-11-27-16(28-29)12-7-13(19(21,22)23)9-14(8-12)20(24,25)26/h7-11H,3-6H2,1-2H3/b15-10-. The average Bonchev–Trinajstić information content (AvgIpc) is 3.33. The molecule has 0 saturated carbocycles. The van der Waals surface area contributed by atoms with Gasteiger partial charge in [0.1, 0.15) is 12.0 Å². The molecule has 0 aliphatic carbocycles. The molecule has 1 aliphatic rings. The lowest BCUT2D eigenvalue weighted by atomic mass is 10.0. The summed E-state index contributed by atoms with van der Waals surface area (Å²) in [5.74, 6) is -1.14. The molecular weight excluding hydrogens is 488 g/mol. The highest BCUT2D eigenvalue weighted by atomic mass is 19.4. The lowest BCUT2D eigenvalue weighted by Crippen LogP contribution is -2.36. The Bertz CT molecular complexity index is 1100. The first kappa shape index (κ1) is 26.2. The third kappa shape index (κ3) is 5.79. The zero-order valence-electron chi connectivity index (χ0n) is 18.4. The number of aromatic nitrogens is 3. The van der Waals surface area contributed by atoms with E-state index in [0.717, 1.165) is 27.0 Å². The van der Waals surface area contributed by atoms with E-state index in [4.69, 9.17) is 9.47 Å². The molecule has 190 valence electrons. The number of benzene rings is 1. The highest BCUT2D eigenvalue weighted by Crippen LogP contribution is 2.38. The number of hydrogen-bond acceptors (Lipinski definition) is 6. The van der Waals surface area contributed by atoms with Gasteiger partial charge < -0.3 is 9.47 Å². The number of methoxy groups -OCH3 is 2. The minimum Gasteiger partial charge on any atom is -0.383 e. The molecule has 1 aliphatic heterocycles. The minimum atomic E-state index is -5.04. The molecule has 15 heteroatoms. The largest absolute Gasteiger partial charge is 0.416 e. The monoisotopic (exact) mass is 507 g/mol. The fourth-order valence-electron chi connectivity index (χ4n) is 3.17. The maximum atomic E-state index is 13.2. The summed E-state index contributed by atoms with van der Waals surface area (Å²) in [4.78, 5) is 31.2. The predicted octanol–water partition coefficient (Wildman–Crippen LogP) is 3.34. The summed E-state index contributed by atoms with van der Waals surface area (Å²) in [5, 5.41) is 3.88. The summed E-state index contributed by atoms with van der Waals surface area (Å²) in [6, 6.07) is 0.323.